The van der Waals surface area contributed by atoms with Crippen molar-refractivity contribution in [2.75, 3.05) is 6.54 Å². The van der Waals surface area contributed by atoms with Gasteiger partial charge in [0, 0.05) is 29.5 Å². The summed E-state index contributed by atoms with van der Waals surface area (Å²) in [6, 6.07) is 7.02. The van der Waals surface area contributed by atoms with Crippen LogP contribution < -0.4 is 10.6 Å². The number of amides is 1. The van der Waals surface area contributed by atoms with Crippen molar-refractivity contribution in [3.05, 3.63) is 33.8 Å². The van der Waals surface area contributed by atoms with Gasteiger partial charge in [-0.2, -0.15) is 0 Å². The van der Waals surface area contributed by atoms with Crippen molar-refractivity contribution in [1.82, 2.24) is 10.6 Å². The zero-order chi connectivity index (χ0) is 14.5. The van der Waals surface area contributed by atoms with Crippen LogP contribution in [0.1, 0.15) is 50.3 Å². The first-order chi connectivity index (χ1) is 9.61. The maximum Gasteiger partial charge on any atom is 0.221 e. The Labute approximate surface area is 129 Å². The number of carbonyl (C=O) groups is 1. The Hall–Kier alpha value is -0.870. The summed E-state index contributed by atoms with van der Waals surface area (Å²) >= 11 is 3.61. The minimum absolute atomic E-state index is 0.138. The van der Waals surface area contributed by atoms with E-state index < -0.39 is 0 Å². The highest BCUT2D eigenvalue weighted by Crippen LogP contribution is 2.35. The third kappa shape index (κ3) is 3.83. The molecule has 2 atom stereocenters. The molecular formula is C16H23BrN2O. The van der Waals surface area contributed by atoms with Crippen molar-refractivity contribution in [3.63, 3.8) is 0 Å². The van der Waals surface area contributed by atoms with Gasteiger partial charge in [-0.3, -0.25) is 4.79 Å². The van der Waals surface area contributed by atoms with Crippen molar-refractivity contribution >= 4 is 21.8 Å². The first kappa shape index (κ1) is 15.5. The van der Waals surface area contributed by atoms with Crippen molar-refractivity contribution in [3.8, 4) is 0 Å². The number of halogens is 1. The molecule has 3 nitrogen and oxygen atoms in total. The van der Waals surface area contributed by atoms with E-state index in [-0.39, 0.29) is 11.9 Å². The molecule has 1 aromatic rings. The fourth-order valence-corrected chi connectivity index (χ4v) is 3.21. The van der Waals surface area contributed by atoms with E-state index >= 15 is 0 Å². The third-order valence-electron chi connectivity index (χ3n) is 3.98. The molecule has 1 amide bonds. The molecule has 0 aliphatic heterocycles. The SMILES string of the molecule is CCC(C)NC(=O)CCNC1CCc2c(Br)cccc21. The molecule has 0 bridgehead atoms. The molecule has 4 heteroatoms. The van der Waals surface area contributed by atoms with Crippen molar-refractivity contribution in [2.24, 2.45) is 0 Å². The van der Waals surface area contributed by atoms with E-state index in [1.807, 2.05) is 6.92 Å². The summed E-state index contributed by atoms with van der Waals surface area (Å²) in [5.41, 5.74) is 2.79. The van der Waals surface area contributed by atoms with Gasteiger partial charge in [-0.1, -0.05) is 35.0 Å². The van der Waals surface area contributed by atoms with Gasteiger partial charge in [-0.25, -0.2) is 0 Å². The highest BCUT2D eigenvalue weighted by molar-refractivity contribution is 9.10. The van der Waals surface area contributed by atoms with Crippen molar-refractivity contribution in [2.45, 2.75) is 51.6 Å². The van der Waals surface area contributed by atoms with Crippen LogP contribution >= 0.6 is 15.9 Å². The molecule has 1 aliphatic rings. The number of hydrogen-bond acceptors (Lipinski definition) is 2. The van der Waals surface area contributed by atoms with E-state index in [2.05, 4.69) is 51.7 Å². The molecule has 0 aromatic heterocycles. The van der Waals surface area contributed by atoms with Gasteiger partial charge in [-0.15, -0.1) is 0 Å². The van der Waals surface area contributed by atoms with Crippen LogP contribution in [-0.2, 0) is 11.2 Å². The number of hydrogen-bond donors (Lipinski definition) is 2. The van der Waals surface area contributed by atoms with Gasteiger partial charge in [0.15, 0.2) is 0 Å². The molecule has 2 rings (SSSR count). The summed E-state index contributed by atoms with van der Waals surface area (Å²) in [5, 5.41) is 6.50. The zero-order valence-electron chi connectivity index (χ0n) is 12.2. The molecule has 0 fully saturated rings. The van der Waals surface area contributed by atoms with Gasteiger partial charge in [0.25, 0.3) is 0 Å². The number of carbonyl (C=O) groups excluding carboxylic acids is 1. The molecule has 0 radical (unpaired) electrons. The average molecular weight is 339 g/mol. The van der Waals surface area contributed by atoms with Crippen LogP contribution in [0.5, 0.6) is 0 Å². The predicted molar refractivity (Wildman–Crippen MR) is 85.7 cm³/mol. The number of nitrogens with one attached hydrogen (secondary N) is 2. The summed E-state index contributed by atoms with van der Waals surface area (Å²) in [6.45, 7) is 4.85. The number of rotatable bonds is 6. The average Bonchev–Trinajstić information content (AvgIpc) is 2.83. The summed E-state index contributed by atoms with van der Waals surface area (Å²) in [5.74, 6) is 0.138. The molecule has 0 spiro atoms. The van der Waals surface area contributed by atoms with Gasteiger partial charge in [-0.05, 0) is 43.4 Å². The molecule has 110 valence electrons. The summed E-state index contributed by atoms with van der Waals surface area (Å²) in [7, 11) is 0. The Balaban J connectivity index is 1.80. The van der Waals surface area contributed by atoms with E-state index in [9.17, 15) is 4.79 Å². The zero-order valence-corrected chi connectivity index (χ0v) is 13.8. The lowest BCUT2D eigenvalue weighted by Crippen LogP contribution is -2.34. The summed E-state index contributed by atoms with van der Waals surface area (Å²) in [6.07, 6.45) is 3.74. The molecule has 0 saturated carbocycles. The van der Waals surface area contributed by atoms with E-state index in [1.54, 1.807) is 0 Å². The van der Waals surface area contributed by atoms with Crippen LogP contribution in [-0.4, -0.2) is 18.5 Å². The molecule has 2 unspecified atom stereocenters. The molecule has 1 aliphatic carbocycles. The Morgan fingerprint density at radius 1 is 1.50 bits per heavy atom. The van der Waals surface area contributed by atoms with E-state index in [1.165, 1.54) is 15.6 Å². The smallest absolute Gasteiger partial charge is 0.221 e. The maximum atomic E-state index is 11.7. The summed E-state index contributed by atoms with van der Waals surface area (Å²) < 4.78 is 1.20. The van der Waals surface area contributed by atoms with Crippen molar-refractivity contribution in [1.29, 1.82) is 0 Å². The normalized spacial score (nSPS) is 18.6. The Morgan fingerprint density at radius 3 is 3.05 bits per heavy atom. The largest absolute Gasteiger partial charge is 0.354 e. The first-order valence-electron chi connectivity index (χ1n) is 7.41. The van der Waals surface area contributed by atoms with Crippen LogP contribution in [0.4, 0.5) is 0 Å². The maximum absolute atomic E-state index is 11.7. The minimum Gasteiger partial charge on any atom is -0.354 e. The Bertz CT molecular complexity index is 476. The highest BCUT2D eigenvalue weighted by Gasteiger charge is 2.23. The number of fused-ring (bicyclic) bond motifs is 1. The second-order valence-corrected chi connectivity index (χ2v) is 6.33. The van der Waals surface area contributed by atoms with Crippen LogP contribution in [0.2, 0.25) is 0 Å². The molecule has 0 heterocycles. The summed E-state index contributed by atoms with van der Waals surface area (Å²) in [4.78, 5) is 11.7. The molecular weight excluding hydrogens is 316 g/mol. The van der Waals surface area contributed by atoms with E-state index in [0.717, 1.165) is 25.8 Å². The molecule has 1 aromatic carbocycles. The van der Waals surface area contributed by atoms with E-state index in [0.29, 0.717) is 12.5 Å². The lowest BCUT2D eigenvalue weighted by atomic mass is 10.1. The topological polar surface area (TPSA) is 41.1 Å². The highest BCUT2D eigenvalue weighted by atomic mass is 79.9. The van der Waals surface area contributed by atoms with E-state index in [4.69, 9.17) is 0 Å². The predicted octanol–water partition coefficient (Wildman–Crippen LogP) is 3.33. The third-order valence-corrected chi connectivity index (χ3v) is 4.72. The fourth-order valence-electron chi connectivity index (χ4n) is 2.63. The second-order valence-electron chi connectivity index (χ2n) is 5.48. The second kappa shape index (κ2) is 7.23. The fraction of sp³-hybridized carbons (Fsp3) is 0.562. The molecule has 20 heavy (non-hydrogen) atoms. The van der Waals surface area contributed by atoms with Gasteiger partial charge < -0.3 is 10.6 Å². The van der Waals surface area contributed by atoms with Crippen LogP contribution in [0.25, 0.3) is 0 Å². The molecule has 2 N–H and O–H groups in total. The van der Waals surface area contributed by atoms with Crippen LogP contribution in [0.3, 0.4) is 0 Å². The van der Waals surface area contributed by atoms with Gasteiger partial charge >= 0.3 is 0 Å². The van der Waals surface area contributed by atoms with Crippen LogP contribution in [0.15, 0.2) is 22.7 Å². The standard InChI is InChI=1S/C16H23BrN2O/c1-3-11(2)19-16(20)9-10-18-15-8-7-12-13(15)5-4-6-14(12)17/h4-6,11,15,18H,3,7-10H2,1-2H3,(H,19,20). The van der Waals surface area contributed by atoms with Gasteiger partial charge in [0.05, 0.1) is 0 Å². The van der Waals surface area contributed by atoms with Gasteiger partial charge in [0.2, 0.25) is 5.91 Å². The Morgan fingerprint density at radius 2 is 2.30 bits per heavy atom. The molecule has 0 saturated heterocycles. The lowest BCUT2D eigenvalue weighted by molar-refractivity contribution is -0.121. The monoisotopic (exact) mass is 338 g/mol. The lowest BCUT2D eigenvalue weighted by Gasteiger charge is -2.15. The van der Waals surface area contributed by atoms with Crippen LogP contribution in [0, 0.1) is 0 Å². The quantitative estimate of drug-likeness (QED) is 0.835. The van der Waals surface area contributed by atoms with Crippen molar-refractivity contribution < 1.29 is 4.79 Å². The minimum atomic E-state index is 0.138. The van der Waals surface area contributed by atoms with Gasteiger partial charge in [0.1, 0.15) is 0 Å². The Kier molecular flexibility index (Phi) is 5.61. The first-order valence-corrected chi connectivity index (χ1v) is 8.21. The number of benzene rings is 1.